The molecule has 0 saturated carbocycles. The van der Waals surface area contributed by atoms with Gasteiger partial charge in [0.25, 0.3) is 0 Å². The van der Waals surface area contributed by atoms with Crippen molar-refractivity contribution in [1.82, 2.24) is 25.5 Å². The van der Waals surface area contributed by atoms with Gasteiger partial charge in [0.2, 0.25) is 17.7 Å². The number of imidazole rings is 1. The fraction of sp³-hybridized carbons (Fsp3) is 0.458. The molecule has 0 radical (unpaired) electrons. The molecule has 1 aliphatic heterocycles. The van der Waals surface area contributed by atoms with Gasteiger partial charge in [0.15, 0.2) is 0 Å². The second-order valence-corrected chi connectivity index (χ2v) is 9.07. The topological polar surface area (TPSA) is 211 Å². The first-order valence-corrected chi connectivity index (χ1v) is 11.9. The van der Waals surface area contributed by atoms with E-state index in [-0.39, 0.29) is 25.1 Å². The number of H-pyrrole nitrogens is 1. The van der Waals surface area contributed by atoms with Crippen LogP contribution in [0.15, 0.2) is 36.8 Å². The van der Waals surface area contributed by atoms with E-state index in [1.807, 2.05) is 0 Å². The number of aliphatic hydroxyl groups excluding tert-OH is 1. The second kappa shape index (κ2) is 12.3. The van der Waals surface area contributed by atoms with Crippen LogP contribution in [0.3, 0.4) is 0 Å². The Morgan fingerprint density at radius 3 is 2.46 bits per heavy atom. The fourth-order valence-corrected chi connectivity index (χ4v) is 4.14. The van der Waals surface area contributed by atoms with Gasteiger partial charge in [-0.15, -0.1) is 0 Å². The number of hydrogen-bond acceptors (Lipinski definition) is 8. The van der Waals surface area contributed by atoms with Crippen molar-refractivity contribution in [3.05, 3.63) is 48.0 Å². The van der Waals surface area contributed by atoms with Crippen LogP contribution in [0, 0.1) is 0 Å². The van der Waals surface area contributed by atoms with Gasteiger partial charge in [-0.2, -0.15) is 0 Å². The molecule has 3 amide bonds. The molecule has 1 aromatic carbocycles. The minimum absolute atomic E-state index is 0.0154. The number of carboxylic acid groups (broad SMARTS) is 1. The molecule has 0 bridgehead atoms. The number of nitrogens with zero attached hydrogens (tertiary/aromatic N) is 2. The predicted octanol–water partition coefficient (Wildman–Crippen LogP) is -1.35. The van der Waals surface area contributed by atoms with Crippen LogP contribution in [-0.2, 0) is 32.0 Å². The number of aliphatic hydroxyl groups is 1. The number of nitrogens with two attached hydrogens (primary N) is 1. The van der Waals surface area contributed by atoms with Gasteiger partial charge in [-0.1, -0.05) is 12.1 Å². The molecular weight excluding hydrogens is 484 g/mol. The molecular formula is C24H32N6O7. The molecule has 13 heteroatoms. The van der Waals surface area contributed by atoms with E-state index in [0.29, 0.717) is 24.1 Å². The second-order valence-electron chi connectivity index (χ2n) is 9.07. The van der Waals surface area contributed by atoms with E-state index in [1.54, 1.807) is 12.1 Å². The van der Waals surface area contributed by atoms with Crippen LogP contribution >= 0.6 is 0 Å². The van der Waals surface area contributed by atoms with Gasteiger partial charge in [0.05, 0.1) is 12.4 Å². The smallest absolute Gasteiger partial charge is 0.326 e. The van der Waals surface area contributed by atoms with Crippen LogP contribution < -0.4 is 16.4 Å². The highest BCUT2D eigenvalue weighted by Gasteiger charge is 2.39. The van der Waals surface area contributed by atoms with E-state index in [9.17, 15) is 34.5 Å². The first-order valence-electron chi connectivity index (χ1n) is 11.9. The van der Waals surface area contributed by atoms with Gasteiger partial charge in [0, 0.05) is 31.3 Å². The average Bonchev–Trinajstić information content (AvgIpc) is 3.55. The van der Waals surface area contributed by atoms with Crippen molar-refractivity contribution in [2.24, 2.45) is 5.73 Å². The Morgan fingerprint density at radius 1 is 1.16 bits per heavy atom. The third-order valence-electron chi connectivity index (χ3n) is 6.25. The number of carboxylic acids is 1. The monoisotopic (exact) mass is 516 g/mol. The zero-order valence-corrected chi connectivity index (χ0v) is 20.3. The molecule has 37 heavy (non-hydrogen) atoms. The lowest BCUT2D eigenvalue weighted by atomic mass is 10.0. The molecule has 1 fully saturated rings. The highest BCUT2D eigenvalue weighted by molar-refractivity contribution is 5.94. The van der Waals surface area contributed by atoms with Crippen molar-refractivity contribution in [1.29, 1.82) is 0 Å². The third-order valence-corrected chi connectivity index (χ3v) is 6.25. The summed E-state index contributed by atoms with van der Waals surface area (Å²) in [5.74, 6) is -3.10. The molecule has 1 saturated heterocycles. The highest BCUT2D eigenvalue weighted by atomic mass is 16.4. The summed E-state index contributed by atoms with van der Waals surface area (Å²) in [6.07, 6.45) is 2.56. The van der Waals surface area contributed by atoms with Crippen molar-refractivity contribution in [2.45, 2.75) is 62.9 Å². The molecule has 3 rings (SSSR count). The minimum atomic E-state index is -1.27. The summed E-state index contributed by atoms with van der Waals surface area (Å²) in [4.78, 5) is 59.0. The molecule has 8 N–H and O–H groups in total. The number of aromatic amines is 1. The number of carbonyl (C=O) groups excluding carboxylic acids is 3. The van der Waals surface area contributed by atoms with Crippen LogP contribution in [0.1, 0.15) is 31.0 Å². The van der Waals surface area contributed by atoms with Gasteiger partial charge < -0.3 is 41.6 Å². The van der Waals surface area contributed by atoms with Crippen molar-refractivity contribution >= 4 is 23.7 Å². The number of rotatable bonds is 11. The number of amides is 3. The van der Waals surface area contributed by atoms with Crippen LogP contribution in [0.4, 0.5) is 0 Å². The van der Waals surface area contributed by atoms with Gasteiger partial charge >= 0.3 is 5.97 Å². The standard InChI is InChI=1S/C24H32N6O7/c1-13(31)20(25)22(34)28-17(9-14-4-6-16(32)7-5-14)23(35)30-8-2-3-19(30)21(33)29-18(24(36)37)10-15-11-26-12-27-15/h4-7,11-13,17-20,31-32H,2-3,8-10,25H2,1H3,(H,26,27)(H,28,34)(H,29,33)(H,36,37). The van der Waals surface area contributed by atoms with Gasteiger partial charge in [-0.3, -0.25) is 14.4 Å². The number of nitrogens with one attached hydrogen (secondary N) is 3. The maximum absolute atomic E-state index is 13.6. The maximum atomic E-state index is 13.6. The lowest BCUT2D eigenvalue weighted by molar-refractivity contribution is -0.145. The average molecular weight is 517 g/mol. The van der Waals surface area contributed by atoms with Crippen molar-refractivity contribution in [3.8, 4) is 5.75 Å². The summed E-state index contributed by atoms with van der Waals surface area (Å²) in [6, 6.07) is 1.52. The van der Waals surface area contributed by atoms with Crippen LogP contribution in [0.25, 0.3) is 0 Å². The van der Waals surface area contributed by atoms with Crippen molar-refractivity contribution in [3.63, 3.8) is 0 Å². The van der Waals surface area contributed by atoms with E-state index in [4.69, 9.17) is 5.73 Å². The van der Waals surface area contributed by atoms with Gasteiger partial charge in [-0.25, -0.2) is 9.78 Å². The van der Waals surface area contributed by atoms with Crippen LogP contribution in [0.5, 0.6) is 5.75 Å². The first kappa shape index (κ1) is 27.6. The van der Waals surface area contributed by atoms with E-state index < -0.39 is 54.0 Å². The summed E-state index contributed by atoms with van der Waals surface area (Å²) >= 11 is 0. The zero-order chi connectivity index (χ0) is 27.1. The van der Waals surface area contributed by atoms with Crippen molar-refractivity contribution < 1.29 is 34.5 Å². The predicted molar refractivity (Wildman–Crippen MR) is 130 cm³/mol. The Morgan fingerprint density at radius 2 is 1.86 bits per heavy atom. The molecule has 2 aromatic rings. The number of benzene rings is 1. The molecule has 5 unspecified atom stereocenters. The van der Waals surface area contributed by atoms with Crippen LogP contribution in [-0.4, -0.2) is 90.7 Å². The fourth-order valence-electron chi connectivity index (χ4n) is 4.14. The van der Waals surface area contributed by atoms with Gasteiger partial charge in [-0.05, 0) is 37.5 Å². The number of likely N-dealkylation sites (tertiary alicyclic amines) is 1. The zero-order valence-electron chi connectivity index (χ0n) is 20.3. The first-order chi connectivity index (χ1) is 17.6. The van der Waals surface area contributed by atoms with E-state index in [1.165, 1.54) is 36.5 Å². The molecule has 1 aliphatic rings. The summed E-state index contributed by atoms with van der Waals surface area (Å²) in [7, 11) is 0. The van der Waals surface area contributed by atoms with Crippen LogP contribution in [0.2, 0.25) is 0 Å². The van der Waals surface area contributed by atoms with E-state index in [2.05, 4.69) is 20.6 Å². The lowest BCUT2D eigenvalue weighted by Gasteiger charge is -2.30. The number of phenols is 1. The Kier molecular flexibility index (Phi) is 9.20. The number of phenolic OH excluding ortho intramolecular Hbond substituents is 1. The largest absolute Gasteiger partial charge is 0.508 e. The van der Waals surface area contributed by atoms with E-state index >= 15 is 0 Å². The molecule has 200 valence electrons. The van der Waals surface area contributed by atoms with Gasteiger partial charge in [0.1, 0.15) is 29.9 Å². The summed E-state index contributed by atoms with van der Waals surface area (Å²) in [6.45, 7) is 1.59. The Bertz CT molecular complexity index is 1090. The number of aliphatic carboxylic acids is 1. The lowest BCUT2D eigenvalue weighted by Crippen LogP contribution is -2.58. The molecule has 0 spiro atoms. The molecule has 13 nitrogen and oxygen atoms in total. The molecule has 0 aliphatic carbocycles. The third kappa shape index (κ3) is 7.27. The van der Waals surface area contributed by atoms with E-state index in [0.717, 1.165) is 0 Å². The Labute approximate surface area is 213 Å². The number of carbonyl (C=O) groups is 4. The molecule has 5 atom stereocenters. The number of aromatic nitrogens is 2. The molecule has 1 aromatic heterocycles. The Hall–Kier alpha value is -3.97. The SMILES string of the molecule is CC(O)C(N)C(=O)NC(Cc1ccc(O)cc1)C(=O)N1CCCC1C(=O)NC(Cc1cnc[nH]1)C(=O)O. The minimum Gasteiger partial charge on any atom is -0.508 e. The quantitative estimate of drug-likeness (QED) is 0.188. The summed E-state index contributed by atoms with van der Waals surface area (Å²) in [5.41, 5.74) is 6.90. The van der Waals surface area contributed by atoms with Crippen molar-refractivity contribution in [2.75, 3.05) is 6.54 Å². The summed E-state index contributed by atoms with van der Waals surface area (Å²) < 4.78 is 0. The molecule has 2 heterocycles. The number of hydrogen-bond donors (Lipinski definition) is 7. The maximum Gasteiger partial charge on any atom is 0.326 e. The highest BCUT2D eigenvalue weighted by Crippen LogP contribution is 2.21. The Balaban J connectivity index is 1.77. The number of aromatic hydroxyl groups is 1. The normalized spacial score (nSPS) is 18.5. The summed E-state index contributed by atoms with van der Waals surface area (Å²) in [5, 5.41) is 33.9.